The zero-order chi connectivity index (χ0) is 18.4. The number of carbonyl (C=O) groups is 1. The zero-order valence-corrected chi connectivity index (χ0v) is 14.7. The maximum absolute atomic E-state index is 12.2. The van der Waals surface area contributed by atoms with Crippen molar-refractivity contribution >= 4 is 23.2 Å². The van der Waals surface area contributed by atoms with Crippen LogP contribution >= 0.6 is 11.6 Å². The number of nitrogens with one attached hydrogen (secondary N) is 2. The minimum Gasteiger partial charge on any atom is -0.433 e. The van der Waals surface area contributed by atoms with Crippen molar-refractivity contribution in [3.05, 3.63) is 58.1 Å². The van der Waals surface area contributed by atoms with Gasteiger partial charge in [-0.1, -0.05) is 17.7 Å². The Balaban J connectivity index is 2.04. The van der Waals surface area contributed by atoms with Crippen molar-refractivity contribution in [1.82, 2.24) is 5.32 Å². The van der Waals surface area contributed by atoms with E-state index >= 15 is 0 Å². The molecule has 0 bridgehead atoms. The van der Waals surface area contributed by atoms with Gasteiger partial charge in [0.25, 0.3) is 5.91 Å². The molecule has 0 saturated carbocycles. The minimum absolute atomic E-state index is 0.0529. The maximum Gasteiger partial charge on any atom is 0.387 e. The fraction of sp³-hybridized carbons (Fsp3) is 0.278. The molecule has 0 spiro atoms. The second-order valence-electron chi connectivity index (χ2n) is 5.39. The highest BCUT2D eigenvalue weighted by Crippen LogP contribution is 2.27. The summed E-state index contributed by atoms with van der Waals surface area (Å²) in [6.45, 7) is 1.88. The van der Waals surface area contributed by atoms with Crippen molar-refractivity contribution in [3.63, 3.8) is 0 Å². The van der Waals surface area contributed by atoms with Gasteiger partial charge < -0.3 is 15.4 Å². The first kappa shape index (κ1) is 19.0. The largest absolute Gasteiger partial charge is 0.433 e. The van der Waals surface area contributed by atoms with Gasteiger partial charge in [0, 0.05) is 24.3 Å². The second kappa shape index (κ2) is 8.67. The molecule has 2 aromatic rings. The molecule has 2 N–H and O–H groups in total. The number of benzene rings is 2. The summed E-state index contributed by atoms with van der Waals surface area (Å²) in [6.07, 6.45) is 0. The molecule has 0 saturated heterocycles. The van der Waals surface area contributed by atoms with Crippen LogP contribution in [0.25, 0.3) is 0 Å². The third-order valence-corrected chi connectivity index (χ3v) is 3.82. The average molecular weight is 369 g/mol. The number of alkyl halides is 2. The maximum atomic E-state index is 12.2. The number of hydrogen-bond acceptors (Lipinski definition) is 3. The number of anilines is 1. The number of hydrogen-bond donors (Lipinski definition) is 2. The molecule has 0 radical (unpaired) electrons. The second-order valence-corrected chi connectivity index (χ2v) is 5.79. The first-order valence-corrected chi connectivity index (χ1v) is 8.14. The van der Waals surface area contributed by atoms with Crippen LogP contribution in [0.5, 0.6) is 5.75 Å². The third-order valence-electron chi connectivity index (χ3n) is 3.52. The van der Waals surface area contributed by atoms with Gasteiger partial charge in [-0.25, -0.2) is 0 Å². The predicted molar refractivity (Wildman–Crippen MR) is 94.6 cm³/mol. The van der Waals surface area contributed by atoms with Crippen molar-refractivity contribution in [2.45, 2.75) is 27.0 Å². The van der Waals surface area contributed by atoms with Crippen LogP contribution in [0.3, 0.4) is 0 Å². The molecule has 0 fully saturated rings. The number of amides is 1. The van der Waals surface area contributed by atoms with Crippen molar-refractivity contribution in [2.75, 3.05) is 11.9 Å². The number of rotatable bonds is 7. The quantitative estimate of drug-likeness (QED) is 0.750. The lowest BCUT2D eigenvalue weighted by molar-refractivity contribution is -0.0497. The molecule has 2 rings (SSSR count). The lowest BCUT2D eigenvalue weighted by Gasteiger charge is -2.12. The molecule has 0 heterocycles. The van der Waals surface area contributed by atoms with Gasteiger partial charge in [-0.2, -0.15) is 8.78 Å². The Morgan fingerprint density at radius 1 is 1.24 bits per heavy atom. The Labute approximate surface area is 150 Å². The van der Waals surface area contributed by atoms with E-state index in [-0.39, 0.29) is 16.7 Å². The summed E-state index contributed by atoms with van der Waals surface area (Å²) in [4.78, 5) is 11.8. The fourth-order valence-electron chi connectivity index (χ4n) is 2.31. The molecule has 0 aliphatic rings. The van der Waals surface area contributed by atoms with Crippen LogP contribution in [0.2, 0.25) is 5.02 Å². The topological polar surface area (TPSA) is 50.4 Å². The van der Waals surface area contributed by atoms with Gasteiger partial charge in [0.2, 0.25) is 0 Å². The van der Waals surface area contributed by atoms with Crippen molar-refractivity contribution in [1.29, 1.82) is 0 Å². The van der Waals surface area contributed by atoms with Gasteiger partial charge in [0.1, 0.15) is 5.75 Å². The highest BCUT2D eigenvalue weighted by Gasteiger charge is 2.10. The summed E-state index contributed by atoms with van der Waals surface area (Å²) >= 11 is 5.94. The van der Waals surface area contributed by atoms with Gasteiger partial charge in [-0.3, -0.25) is 4.79 Å². The molecule has 0 aromatic heterocycles. The Morgan fingerprint density at radius 2 is 2.00 bits per heavy atom. The molecule has 2 aromatic carbocycles. The Kier molecular flexibility index (Phi) is 6.58. The van der Waals surface area contributed by atoms with Crippen LogP contribution in [0.1, 0.15) is 28.4 Å². The summed E-state index contributed by atoms with van der Waals surface area (Å²) in [5, 5.41) is 6.12. The van der Waals surface area contributed by atoms with Crippen LogP contribution in [0.4, 0.5) is 14.5 Å². The normalized spacial score (nSPS) is 10.6. The predicted octanol–water partition coefficient (Wildman–Crippen LogP) is 4.61. The summed E-state index contributed by atoms with van der Waals surface area (Å²) in [5.41, 5.74) is 3.21. The number of carbonyl (C=O) groups excluding carboxylic acids is 1. The van der Waals surface area contributed by atoms with E-state index in [1.165, 1.54) is 6.07 Å². The summed E-state index contributed by atoms with van der Waals surface area (Å²) in [7, 11) is 0. The molecule has 0 aliphatic carbocycles. The van der Waals surface area contributed by atoms with Crippen LogP contribution in [0.15, 0.2) is 36.4 Å². The lowest BCUT2D eigenvalue weighted by atomic mass is 10.1. The standard InChI is InChI=1S/C18H19ClF2N2O2/c1-3-22-17(24)13-5-6-15(11(2)8-13)23-10-12-4-7-16(14(19)9-12)25-18(20)21/h4-9,18,23H,3,10H2,1-2H3,(H,22,24). The van der Waals surface area contributed by atoms with Gasteiger partial charge in [-0.05, 0) is 55.3 Å². The first-order valence-electron chi connectivity index (χ1n) is 7.76. The van der Waals surface area contributed by atoms with Crippen molar-refractivity contribution < 1.29 is 18.3 Å². The molecule has 4 nitrogen and oxygen atoms in total. The Hall–Kier alpha value is -2.34. The van der Waals surface area contributed by atoms with Crippen molar-refractivity contribution in [3.8, 4) is 5.75 Å². The zero-order valence-electron chi connectivity index (χ0n) is 13.9. The smallest absolute Gasteiger partial charge is 0.387 e. The monoisotopic (exact) mass is 368 g/mol. The number of halogens is 3. The number of ether oxygens (including phenoxy) is 1. The van der Waals surface area contributed by atoms with Crippen LogP contribution in [-0.2, 0) is 6.54 Å². The molecule has 0 unspecified atom stereocenters. The fourth-order valence-corrected chi connectivity index (χ4v) is 2.56. The highest BCUT2D eigenvalue weighted by atomic mass is 35.5. The van der Waals surface area contributed by atoms with E-state index in [1.54, 1.807) is 24.3 Å². The summed E-state index contributed by atoms with van der Waals surface area (Å²) in [5.74, 6) is -0.165. The van der Waals surface area contributed by atoms with Gasteiger partial charge >= 0.3 is 6.61 Å². The van der Waals surface area contributed by atoms with E-state index in [0.717, 1.165) is 16.8 Å². The summed E-state index contributed by atoms with van der Waals surface area (Å²) < 4.78 is 28.8. The molecular weight excluding hydrogens is 350 g/mol. The van der Waals surface area contributed by atoms with Crippen LogP contribution in [0, 0.1) is 6.92 Å². The molecule has 134 valence electrons. The SMILES string of the molecule is CCNC(=O)c1ccc(NCc2ccc(OC(F)F)c(Cl)c2)c(C)c1. The van der Waals surface area contributed by atoms with Crippen LogP contribution in [-0.4, -0.2) is 19.1 Å². The average Bonchev–Trinajstić information content (AvgIpc) is 2.56. The number of aryl methyl sites for hydroxylation is 1. The minimum atomic E-state index is -2.91. The molecular formula is C18H19ClF2N2O2. The Morgan fingerprint density at radius 3 is 2.60 bits per heavy atom. The van der Waals surface area contributed by atoms with Gasteiger partial charge in [-0.15, -0.1) is 0 Å². The first-order chi connectivity index (χ1) is 11.9. The van der Waals surface area contributed by atoms with E-state index in [0.29, 0.717) is 18.7 Å². The van der Waals surface area contributed by atoms with E-state index in [4.69, 9.17) is 11.6 Å². The van der Waals surface area contributed by atoms with Crippen LogP contribution < -0.4 is 15.4 Å². The molecule has 1 amide bonds. The van der Waals surface area contributed by atoms with Crippen molar-refractivity contribution in [2.24, 2.45) is 0 Å². The molecule has 0 atom stereocenters. The summed E-state index contributed by atoms with van der Waals surface area (Å²) in [6, 6.07) is 10.0. The van der Waals surface area contributed by atoms with Gasteiger partial charge in [0.15, 0.2) is 0 Å². The molecule has 25 heavy (non-hydrogen) atoms. The van der Waals surface area contributed by atoms with Gasteiger partial charge in [0.05, 0.1) is 5.02 Å². The van der Waals surface area contributed by atoms with E-state index in [9.17, 15) is 13.6 Å². The van der Waals surface area contributed by atoms with E-state index < -0.39 is 6.61 Å². The highest BCUT2D eigenvalue weighted by molar-refractivity contribution is 6.32. The van der Waals surface area contributed by atoms with E-state index in [2.05, 4.69) is 15.4 Å². The molecule has 0 aliphatic heterocycles. The molecule has 7 heteroatoms. The van der Waals surface area contributed by atoms with E-state index in [1.807, 2.05) is 19.9 Å². The Bertz CT molecular complexity index is 754. The third kappa shape index (κ3) is 5.32. The lowest BCUT2D eigenvalue weighted by Crippen LogP contribution is -2.22.